The summed E-state index contributed by atoms with van der Waals surface area (Å²) in [5.74, 6) is 0.441. The van der Waals surface area contributed by atoms with Crippen LogP contribution < -0.4 is 15.4 Å². The van der Waals surface area contributed by atoms with Crippen LogP contribution in [0.1, 0.15) is 40.5 Å². The first-order valence-corrected chi connectivity index (χ1v) is 7.80. The molecule has 0 aliphatic heterocycles. The van der Waals surface area contributed by atoms with Crippen LogP contribution in [0.2, 0.25) is 0 Å². The van der Waals surface area contributed by atoms with Crippen molar-refractivity contribution in [1.29, 1.82) is 0 Å². The molecule has 0 radical (unpaired) electrons. The molecule has 0 fully saturated rings. The predicted octanol–water partition coefficient (Wildman–Crippen LogP) is 3.33. The first-order valence-electron chi connectivity index (χ1n) is 7.80. The van der Waals surface area contributed by atoms with Crippen molar-refractivity contribution >= 4 is 17.7 Å². The smallest absolute Gasteiger partial charge is 0.407 e. The van der Waals surface area contributed by atoms with Gasteiger partial charge >= 0.3 is 6.09 Å². The van der Waals surface area contributed by atoms with Gasteiger partial charge in [-0.25, -0.2) is 4.79 Å². The lowest BCUT2D eigenvalue weighted by Gasteiger charge is -2.19. The van der Waals surface area contributed by atoms with Gasteiger partial charge in [-0.1, -0.05) is 19.1 Å². The maximum Gasteiger partial charge on any atom is 0.407 e. The molecule has 0 bridgehead atoms. The lowest BCUT2D eigenvalue weighted by atomic mass is 10.2. The maximum absolute atomic E-state index is 11.9. The van der Waals surface area contributed by atoms with Gasteiger partial charge in [0.1, 0.15) is 11.4 Å². The summed E-state index contributed by atoms with van der Waals surface area (Å²) in [5, 5.41) is 5.34. The fourth-order valence-electron chi connectivity index (χ4n) is 1.71. The fourth-order valence-corrected chi connectivity index (χ4v) is 1.71. The van der Waals surface area contributed by atoms with E-state index in [4.69, 9.17) is 9.47 Å². The van der Waals surface area contributed by atoms with Crippen molar-refractivity contribution in [3.05, 3.63) is 24.3 Å². The third-order valence-corrected chi connectivity index (χ3v) is 2.64. The van der Waals surface area contributed by atoms with E-state index in [2.05, 4.69) is 10.6 Å². The number of para-hydroxylation sites is 2. The van der Waals surface area contributed by atoms with Gasteiger partial charge < -0.3 is 20.1 Å². The van der Waals surface area contributed by atoms with E-state index in [1.807, 2.05) is 25.1 Å². The van der Waals surface area contributed by atoms with Crippen LogP contribution in [0.4, 0.5) is 10.5 Å². The summed E-state index contributed by atoms with van der Waals surface area (Å²) >= 11 is 0. The van der Waals surface area contributed by atoms with Crippen LogP contribution in [0.3, 0.4) is 0 Å². The lowest BCUT2D eigenvalue weighted by Crippen LogP contribution is -2.34. The van der Waals surface area contributed by atoms with E-state index >= 15 is 0 Å². The molecule has 0 aromatic heterocycles. The van der Waals surface area contributed by atoms with Crippen molar-refractivity contribution in [2.75, 3.05) is 18.5 Å². The quantitative estimate of drug-likeness (QED) is 0.807. The van der Waals surface area contributed by atoms with E-state index in [1.54, 1.807) is 26.8 Å². The molecule has 0 unspecified atom stereocenters. The molecule has 0 atom stereocenters. The Labute approximate surface area is 137 Å². The zero-order chi connectivity index (χ0) is 17.3. The van der Waals surface area contributed by atoms with Crippen molar-refractivity contribution in [2.24, 2.45) is 0 Å². The highest BCUT2D eigenvalue weighted by Gasteiger charge is 2.16. The number of carbonyl (C=O) groups excluding carboxylic acids is 2. The molecule has 2 N–H and O–H groups in total. The third kappa shape index (κ3) is 8.09. The van der Waals surface area contributed by atoms with Crippen molar-refractivity contribution in [1.82, 2.24) is 5.32 Å². The molecule has 0 spiro atoms. The van der Waals surface area contributed by atoms with Crippen molar-refractivity contribution in [3.8, 4) is 5.75 Å². The van der Waals surface area contributed by atoms with E-state index in [9.17, 15) is 9.59 Å². The van der Waals surface area contributed by atoms with E-state index in [0.717, 1.165) is 6.42 Å². The van der Waals surface area contributed by atoms with Gasteiger partial charge in [0.15, 0.2) is 0 Å². The number of hydrogen-bond acceptors (Lipinski definition) is 4. The van der Waals surface area contributed by atoms with Gasteiger partial charge in [0.05, 0.1) is 12.3 Å². The number of ether oxygens (including phenoxy) is 2. The Kier molecular flexibility index (Phi) is 7.38. The Bertz CT molecular complexity index is 524. The molecular formula is C17H26N2O4. The molecule has 128 valence electrons. The standard InChI is InChI=1S/C17H26N2O4/c1-5-12-22-14-9-7-6-8-13(14)19-15(20)10-11-18-16(21)23-17(2,3)4/h6-9H,5,10-12H2,1-4H3,(H,18,21)(H,19,20). The molecule has 0 heterocycles. The van der Waals surface area contributed by atoms with Gasteiger partial charge in [0.2, 0.25) is 5.91 Å². The lowest BCUT2D eigenvalue weighted by molar-refractivity contribution is -0.116. The summed E-state index contributed by atoms with van der Waals surface area (Å²) in [6.45, 7) is 8.17. The van der Waals surface area contributed by atoms with Crippen molar-refractivity contribution in [3.63, 3.8) is 0 Å². The van der Waals surface area contributed by atoms with E-state index in [0.29, 0.717) is 18.0 Å². The molecular weight excluding hydrogens is 296 g/mol. The monoisotopic (exact) mass is 322 g/mol. The van der Waals surface area contributed by atoms with Crippen LogP contribution in [-0.4, -0.2) is 30.8 Å². The molecule has 23 heavy (non-hydrogen) atoms. The van der Waals surface area contributed by atoms with E-state index < -0.39 is 11.7 Å². The van der Waals surface area contributed by atoms with Gasteiger partial charge in [0, 0.05) is 13.0 Å². The number of anilines is 1. The SMILES string of the molecule is CCCOc1ccccc1NC(=O)CCNC(=O)OC(C)(C)C. The van der Waals surface area contributed by atoms with Crippen LogP contribution in [0.5, 0.6) is 5.75 Å². The van der Waals surface area contributed by atoms with Gasteiger partial charge in [-0.05, 0) is 39.3 Å². The molecule has 1 aromatic rings. The second-order valence-corrected chi connectivity index (χ2v) is 6.07. The molecule has 0 aliphatic rings. The average Bonchev–Trinajstić information content (AvgIpc) is 2.44. The van der Waals surface area contributed by atoms with Crippen LogP contribution >= 0.6 is 0 Å². The predicted molar refractivity (Wildman–Crippen MR) is 89.7 cm³/mol. The first kappa shape index (κ1) is 18.8. The minimum atomic E-state index is -0.554. The van der Waals surface area contributed by atoms with Crippen LogP contribution in [0.15, 0.2) is 24.3 Å². The molecule has 1 rings (SSSR count). The van der Waals surface area contributed by atoms with Crippen LogP contribution in [0, 0.1) is 0 Å². The number of rotatable bonds is 7. The molecule has 6 nitrogen and oxygen atoms in total. The number of nitrogens with one attached hydrogen (secondary N) is 2. The Morgan fingerprint density at radius 1 is 1.17 bits per heavy atom. The highest BCUT2D eigenvalue weighted by molar-refractivity contribution is 5.92. The molecule has 0 saturated carbocycles. The zero-order valence-electron chi connectivity index (χ0n) is 14.3. The molecule has 0 saturated heterocycles. The largest absolute Gasteiger partial charge is 0.491 e. The molecule has 2 amide bonds. The van der Waals surface area contributed by atoms with E-state index in [1.165, 1.54) is 0 Å². The first-order chi connectivity index (χ1) is 10.8. The topological polar surface area (TPSA) is 76.7 Å². The van der Waals surface area contributed by atoms with Crippen LogP contribution in [-0.2, 0) is 9.53 Å². The number of benzene rings is 1. The summed E-state index contributed by atoms with van der Waals surface area (Å²) in [6, 6.07) is 7.27. The van der Waals surface area contributed by atoms with E-state index in [-0.39, 0.29) is 18.9 Å². The van der Waals surface area contributed by atoms with Crippen molar-refractivity contribution in [2.45, 2.75) is 46.1 Å². The van der Waals surface area contributed by atoms with Gasteiger partial charge in [0.25, 0.3) is 0 Å². The summed E-state index contributed by atoms with van der Waals surface area (Å²) < 4.78 is 10.7. The Hall–Kier alpha value is -2.24. The number of carbonyl (C=O) groups is 2. The third-order valence-electron chi connectivity index (χ3n) is 2.64. The second-order valence-electron chi connectivity index (χ2n) is 6.07. The maximum atomic E-state index is 11.9. The number of amides is 2. The minimum absolute atomic E-state index is 0.154. The summed E-state index contributed by atoms with van der Waals surface area (Å²) in [7, 11) is 0. The Morgan fingerprint density at radius 2 is 1.87 bits per heavy atom. The summed E-state index contributed by atoms with van der Waals surface area (Å²) in [6.07, 6.45) is 0.515. The summed E-state index contributed by atoms with van der Waals surface area (Å²) in [4.78, 5) is 23.4. The molecule has 1 aromatic carbocycles. The normalized spacial score (nSPS) is 10.8. The fraction of sp³-hybridized carbons (Fsp3) is 0.529. The van der Waals surface area contributed by atoms with Gasteiger partial charge in [-0.15, -0.1) is 0 Å². The minimum Gasteiger partial charge on any atom is -0.491 e. The van der Waals surface area contributed by atoms with Gasteiger partial charge in [-0.3, -0.25) is 4.79 Å². The summed E-state index contributed by atoms with van der Waals surface area (Å²) in [5.41, 5.74) is 0.0743. The number of alkyl carbamates (subject to hydrolysis) is 1. The van der Waals surface area contributed by atoms with Crippen LogP contribution in [0.25, 0.3) is 0 Å². The molecule has 6 heteroatoms. The second kappa shape index (κ2) is 9.02. The Balaban J connectivity index is 2.41. The highest BCUT2D eigenvalue weighted by Crippen LogP contribution is 2.23. The highest BCUT2D eigenvalue weighted by atomic mass is 16.6. The zero-order valence-corrected chi connectivity index (χ0v) is 14.3. The Morgan fingerprint density at radius 3 is 2.52 bits per heavy atom. The van der Waals surface area contributed by atoms with Gasteiger partial charge in [-0.2, -0.15) is 0 Å². The number of hydrogen-bond donors (Lipinski definition) is 2. The average molecular weight is 322 g/mol. The van der Waals surface area contributed by atoms with Crippen molar-refractivity contribution < 1.29 is 19.1 Å². The molecule has 0 aliphatic carbocycles.